The second kappa shape index (κ2) is 9.14. The van der Waals surface area contributed by atoms with Crippen molar-refractivity contribution in [3.63, 3.8) is 0 Å². The molecule has 1 fully saturated rings. The summed E-state index contributed by atoms with van der Waals surface area (Å²) < 4.78 is 0. The number of amides is 2. The normalized spacial score (nSPS) is 16.8. The quantitative estimate of drug-likeness (QED) is 0.460. The summed E-state index contributed by atoms with van der Waals surface area (Å²) in [4.78, 5) is 22.7. The van der Waals surface area contributed by atoms with Crippen LogP contribution >= 0.6 is 0 Å². The molecule has 1 aliphatic carbocycles. The number of nitriles is 2. The SMILES string of the molecule is CNC(=O)N/C=C(\C=O)c1cc(C2CC2C#Cc2ccc(C#N)cc2)c(C#N)nn1. The first kappa shape index (κ1) is 20.3. The first-order valence-electron chi connectivity index (χ1n) is 9.03. The van der Waals surface area contributed by atoms with Crippen LogP contribution in [0.15, 0.2) is 36.5 Å². The minimum atomic E-state index is -0.475. The molecule has 8 nitrogen and oxygen atoms in total. The number of urea groups is 1. The van der Waals surface area contributed by atoms with Crippen LogP contribution < -0.4 is 10.6 Å². The molecular weight excluding hydrogens is 380 g/mol. The van der Waals surface area contributed by atoms with Gasteiger partial charge in [0.2, 0.25) is 0 Å². The Morgan fingerprint density at radius 3 is 2.53 bits per heavy atom. The number of benzene rings is 1. The van der Waals surface area contributed by atoms with Crippen molar-refractivity contribution < 1.29 is 9.59 Å². The van der Waals surface area contributed by atoms with E-state index in [-0.39, 0.29) is 28.8 Å². The maximum atomic E-state index is 11.4. The molecule has 1 saturated carbocycles. The standard InChI is InChI=1S/C22H16N6O2/c1-25-22(30)26-12-17(13-29)20-9-19(21(11-24)28-27-20)18-8-16(18)7-6-14-2-4-15(10-23)5-3-14/h2-5,9,12-13,16,18H,8H2,1H3,(H2,25,26,30)/b17-12+. The molecule has 2 unspecified atom stereocenters. The van der Waals surface area contributed by atoms with E-state index in [4.69, 9.17) is 5.26 Å². The summed E-state index contributed by atoms with van der Waals surface area (Å²) in [6, 6.07) is 12.3. The molecule has 0 aliphatic heterocycles. The van der Waals surface area contributed by atoms with Crippen LogP contribution in [0.25, 0.3) is 5.57 Å². The molecule has 0 bridgehead atoms. The van der Waals surface area contributed by atoms with Gasteiger partial charge in [0.15, 0.2) is 12.0 Å². The van der Waals surface area contributed by atoms with E-state index >= 15 is 0 Å². The summed E-state index contributed by atoms with van der Waals surface area (Å²) in [6.07, 6.45) is 2.56. The zero-order valence-electron chi connectivity index (χ0n) is 16.0. The van der Waals surface area contributed by atoms with Gasteiger partial charge in [-0.15, -0.1) is 10.2 Å². The van der Waals surface area contributed by atoms with Gasteiger partial charge >= 0.3 is 6.03 Å². The topological polar surface area (TPSA) is 132 Å². The number of rotatable bonds is 4. The molecule has 1 aromatic heterocycles. The minimum Gasteiger partial charge on any atom is -0.341 e. The van der Waals surface area contributed by atoms with E-state index in [1.54, 1.807) is 30.3 Å². The fourth-order valence-corrected chi connectivity index (χ4v) is 2.80. The highest BCUT2D eigenvalue weighted by Gasteiger charge is 2.39. The van der Waals surface area contributed by atoms with E-state index in [2.05, 4.69) is 38.7 Å². The van der Waals surface area contributed by atoms with Crippen molar-refractivity contribution in [1.82, 2.24) is 20.8 Å². The summed E-state index contributed by atoms with van der Waals surface area (Å²) in [5.74, 6) is 6.33. The molecule has 2 atom stereocenters. The van der Waals surface area contributed by atoms with Gasteiger partial charge in [-0.05, 0) is 42.3 Å². The molecule has 0 saturated heterocycles. The van der Waals surface area contributed by atoms with Gasteiger partial charge < -0.3 is 10.6 Å². The van der Waals surface area contributed by atoms with Gasteiger partial charge in [0, 0.05) is 30.6 Å². The number of nitrogens with zero attached hydrogens (tertiary/aromatic N) is 4. The predicted octanol–water partition coefficient (Wildman–Crippen LogP) is 1.84. The number of allylic oxidation sites excluding steroid dienone is 1. The molecule has 1 aliphatic rings. The third-order valence-electron chi connectivity index (χ3n) is 4.54. The number of hydrogen-bond acceptors (Lipinski definition) is 6. The van der Waals surface area contributed by atoms with Gasteiger partial charge in [0.25, 0.3) is 0 Å². The van der Waals surface area contributed by atoms with Gasteiger partial charge in [-0.3, -0.25) is 4.79 Å². The zero-order valence-corrected chi connectivity index (χ0v) is 16.0. The van der Waals surface area contributed by atoms with Crippen LogP contribution in [0, 0.1) is 40.4 Å². The highest BCUT2D eigenvalue weighted by Crippen LogP contribution is 2.48. The maximum Gasteiger partial charge on any atom is 0.318 e. The molecule has 0 spiro atoms. The van der Waals surface area contributed by atoms with E-state index in [0.29, 0.717) is 17.4 Å². The average Bonchev–Trinajstić information content (AvgIpc) is 3.57. The molecule has 2 N–H and O–H groups in total. The Labute approximate surface area is 173 Å². The van der Waals surface area contributed by atoms with Gasteiger partial charge in [-0.1, -0.05) is 11.8 Å². The summed E-state index contributed by atoms with van der Waals surface area (Å²) in [6.45, 7) is 0. The first-order valence-corrected chi connectivity index (χ1v) is 9.03. The number of nitrogens with one attached hydrogen (secondary N) is 2. The van der Waals surface area contributed by atoms with Gasteiger partial charge in [0.1, 0.15) is 6.07 Å². The molecule has 30 heavy (non-hydrogen) atoms. The third-order valence-corrected chi connectivity index (χ3v) is 4.54. The number of carbonyl (C=O) groups is 2. The largest absolute Gasteiger partial charge is 0.341 e. The Morgan fingerprint density at radius 1 is 1.17 bits per heavy atom. The molecule has 3 rings (SSSR count). The lowest BCUT2D eigenvalue weighted by Gasteiger charge is -2.05. The van der Waals surface area contributed by atoms with Crippen LogP contribution in [0.5, 0.6) is 0 Å². The molecule has 2 amide bonds. The minimum absolute atomic E-state index is 0.0135. The van der Waals surface area contributed by atoms with Crippen LogP contribution in [-0.4, -0.2) is 29.6 Å². The highest BCUT2D eigenvalue weighted by atomic mass is 16.2. The first-order chi connectivity index (χ1) is 14.6. The molecule has 0 radical (unpaired) electrons. The summed E-state index contributed by atoms with van der Waals surface area (Å²) in [5, 5.41) is 30.9. The second-order valence-corrected chi connectivity index (χ2v) is 6.49. The third kappa shape index (κ3) is 4.67. The highest BCUT2D eigenvalue weighted by molar-refractivity contribution is 6.06. The van der Waals surface area contributed by atoms with Crippen LogP contribution in [-0.2, 0) is 4.79 Å². The van der Waals surface area contributed by atoms with Crippen molar-refractivity contribution in [2.75, 3.05) is 7.05 Å². The van der Waals surface area contributed by atoms with Crippen molar-refractivity contribution >= 4 is 17.9 Å². The molecule has 1 heterocycles. The second-order valence-electron chi connectivity index (χ2n) is 6.49. The zero-order chi connectivity index (χ0) is 21.5. The Morgan fingerprint density at radius 2 is 1.90 bits per heavy atom. The number of hydrogen-bond donors (Lipinski definition) is 2. The molecular formula is C22H16N6O2. The van der Waals surface area contributed by atoms with E-state index in [0.717, 1.165) is 12.0 Å². The fraction of sp³-hybridized carbons (Fsp3) is 0.182. The van der Waals surface area contributed by atoms with E-state index in [9.17, 15) is 14.9 Å². The number of aldehydes is 1. The van der Waals surface area contributed by atoms with Crippen molar-refractivity contribution in [3.8, 4) is 24.0 Å². The lowest BCUT2D eigenvalue weighted by atomic mass is 10.0. The lowest BCUT2D eigenvalue weighted by molar-refractivity contribution is -0.103. The number of aromatic nitrogens is 2. The van der Waals surface area contributed by atoms with E-state index in [1.165, 1.54) is 13.2 Å². The average molecular weight is 396 g/mol. The van der Waals surface area contributed by atoms with Gasteiger partial charge in [-0.25, -0.2) is 4.79 Å². The van der Waals surface area contributed by atoms with Crippen LogP contribution in [0.3, 0.4) is 0 Å². The van der Waals surface area contributed by atoms with Crippen molar-refractivity contribution in [3.05, 3.63) is 64.6 Å². The van der Waals surface area contributed by atoms with Crippen molar-refractivity contribution in [2.45, 2.75) is 12.3 Å². The predicted molar refractivity (Wildman–Crippen MR) is 107 cm³/mol. The van der Waals surface area contributed by atoms with E-state index < -0.39 is 6.03 Å². The van der Waals surface area contributed by atoms with Crippen molar-refractivity contribution in [2.24, 2.45) is 5.92 Å². The van der Waals surface area contributed by atoms with Crippen LogP contribution in [0.4, 0.5) is 4.79 Å². The summed E-state index contributed by atoms with van der Waals surface area (Å²) in [7, 11) is 1.45. The van der Waals surface area contributed by atoms with Crippen molar-refractivity contribution in [1.29, 1.82) is 10.5 Å². The number of carbonyl (C=O) groups excluding carboxylic acids is 2. The van der Waals surface area contributed by atoms with E-state index in [1.807, 2.05) is 6.07 Å². The fourth-order valence-electron chi connectivity index (χ4n) is 2.80. The smallest absolute Gasteiger partial charge is 0.318 e. The Bertz CT molecular complexity index is 1160. The Hall–Kier alpha value is -4.48. The monoisotopic (exact) mass is 396 g/mol. The Balaban J connectivity index is 1.81. The molecule has 2 aromatic rings. The van der Waals surface area contributed by atoms with Gasteiger partial charge in [0.05, 0.1) is 22.9 Å². The van der Waals surface area contributed by atoms with Crippen LogP contribution in [0.2, 0.25) is 0 Å². The maximum absolute atomic E-state index is 11.4. The summed E-state index contributed by atoms with van der Waals surface area (Å²) in [5.41, 5.74) is 2.65. The summed E-state index contributed by atoms with van der Waals surface area (Å²) >= 11 is 0. The molecule has 8 heteroatoms. The molecule has 1 aromatic carbocycles. The Kier molecular flexibility index (Phi) is 6.17. The van der Waals surface area contributed by atoms with Crippen LogP contribution in [0.1, 0.15) is 40.4 Å². The molecule has 146 valence electrons. The lowest BCUT2D eigenvalue weighted by Crippen LogP contribution is -2.28. The van der Waals surface area contributed by atoms with Gasteiger partial charge in [-0.2, -0.15) is 10.5 Å².